The van der Waals surface area contributed by atoms with E-state index in [1.54, 1.807) is 6.26 Å². The van der Waals surface area contributed by atoms with Gasteiger partial charge in [0.25, 0.3) is 0 Å². The summed E-state index contributed by atoms with van der Waals surface area (Å²) < 4.78 is 10.9. The Bertz CT molecular complexity index is 227. The quantitative estimate of drug-likeness (QED) is 0.667. The molecule has 1 fully saturated rings. The van der Waals surface area contributed by atoms with Gasteiger partial charge in [-0.25, -0.2) is 0 Å². The van der Waals surface area contributed by atoms with Gasteiger partial charge in [-0.2, -0.15) is 0 Å². The molecule has 0 aromatic carbocycles. The lowest BCUT2D eigenvalue weighted by molar-refractivity contribution is -0.124. The monoisotopic (exact) mass is 218 g/mol. The Balaban J connectivity index is 2.28. The molecule has 0 bridgehead atoms. The normalized spacial score (nSPS) is 25.7. The van der Waals surface area contributed by atoms with Gasteiger partial charge in [-0.05, 0) is 19.9 Å². The molecule has 1 rings (SSSR count). The molecular weight excluding hydrogens is 200 g/mol. The molecule has 2 N–H and O–H groups in total. The van der Waals surface area contributed by atoms with E-state index in [1.807, 2.05) is 6.92 Å². The topological polar surface area (TPSA) is 58.2 Å². The van der Waals surface area contributed by atoms with Crippen LogP contribution in [-0.2, 0) is 15.6 Å². The van der Waals surface area contributed by atoms with Gasteiger partial charge in [0.1, 0.15) is 0 Å². The number of hydrogen-bond acceptors (Lipinski definition) is 3. The standard InChI is InChI=1S/C9H18N2O2S/c1-7(6-14(2)13)11-9(12)8-3-4-10-5-8/h7-8,10H,3-6H2,1-2H3,(H,11,12). The van der Waals surface area contributed by atoms with Crippen molar-refractivity contribution in [3.05, 3.63) is 0 Å². The minimum Gasteiger partial charge on any atom is -0.352 e. The first kappa shape index (κ1) is 11.7. The zero-order valence-corrected chi connectivity index (χ0v) is 9.52. The van der Waals surface area contributed by atoms with Gasteiger partial charge in [0.05, 0.1) is 5.92 Å². The summed E-state index contributed by atoms with van der Waals surface area (Å²) in [7, 11) is -0.844. The average Bonchev–Trinajstić information content (AvgIpc) is 2.53. The maximum absolute atomic E-state index is 11.6. The van der Waals surface area contributed by atoms with E-state index >= 15 is 0 Å². The molecule has 0 aromatic rings. The molecule has 4 nitrogen and oxygen atoms in total. The third kappa shape index (κ3) is 3.75. The van der Waals surface area contributed by atoms with Gasteiger partial charge in [-0.15, -0.1) is 0 Å². The Labute approximate surface area is 87.3 Å². The SMILES string of the molecule is CC(CS(C)=O)NC(=O)C1CCNC1. The lowest BCUT2D eigenvalue weighted by atomic mass is 10.1. The van der Waals surface area contributed by atoms with Gasteiger partial charge in [-0.1, -0.05) is 0 Å². The van der Waals surface area contributed by atoms with Crippen molar-refractivity contribution < 1.29 is 9.00 Å². The van der Waals surface area contributed by atoms with Crippen molar-refractivity contribution >= 4 is 16.7 Å². The minimum atomic E-state index is -0.844. The number of carbonyl (C=O) groups is 1. The van der Waals surface area contributed by atoms with Crippen molar-refractivity contribution in [1.82, 2.24) is 10.6 Å². The largest absolute Gasteiger partial charge is 0.352 e. The van der Waals surface area contributed by atoms with E-state index in [1.165, 1.54) is 0 Å². The Morgan fingerprint density at radius 1 is 1.71 bits per heavy atom. The fraction of sp³-hybridized carbons (Fsp3) is 0.889. The van der Waals surface area contributed by atoms with Crippen LogP contribution in [-0.4, -0.2) is 41.3 Å². The molecule has 0 radical (unpaired) electrons. The van der Waals surface area contributed by atoms with Crippen LogP contribution in [0.15, 0.2) is 0 Å². The summed E-state index contributed by atoms with van der Waals surface area (Å²) >= 11 is 0. The molecule has 0 aromatic heterocycles. The van der Waals surface area contributed by atoms with Gasteiger partial charge in [-0.3, -0.25) is 9.00 Å². The molecule has 0 saturated carbocycles. The van der Waals surface area contributed by atoms with Crippen LogP contribution >= 0.6 is 0 Å². The Hall–Kier alpha value is -0.420. The van der Waals surface area contributed by atoms with Crippen molar-refractivity contribution in [3.63, 3.8) is 0 Å². The molecule has 1 amide bonds. The summed E-state index contributed by atoms with van der Waals surface area (Å²) in [5.74, 6) is 0.724. The van der Waals surface area contributed by atoms with Crippen molar-refractivity contribution in [2.75, 3.05) is 25.1 Å². The maximum Gasteiger partial charge on any atom is 0.224 e. The molecule has 0 aliphatic carbocycles. The van der Waals surface area contributed by atoms with Crippen molar-refractivity contribution in [2.45, 2.75) is 19.4 Å². The molecule has 1 aliphatic rings. The lowest BCUT2D eigenvalue weighted by Gasteiger charge is -2.15. The Kier molecular flexibility index (Phi) is 4.54. The molecule has 0 spiro atoms. The first-order chi connectivity index (χ1) is 6.59. The van der Waals surface area contributed by atoms with E-state index in [4.69, 9.17) is 0 Å². The van der Waals surface area contributed by atoms with Crippen LogP contribution in [0.5, 0.6) is 0 Å². The summed E-state index contributed by atoms with van der Waals surface area (Å²) in [5.41, 5.74) is 0. The Morgan fingerprint density at radius 3 is 2.93 bits per heavy atom. The van der Waals surface area contributed by atoms with E-state index in [2.05, 4.69) is 10.6 Å². The van der Waals surface area contributed by atoms with Crippen LogP contribution in [0.25, 0.3) is 0 Å². The smallest absolute Gasteiger partial charge is 0.224 e. The first-order valence-electron chi connectivity index (χ1n) is 4.90. The fourth-order valence-electron chi connectivity index (χ4n) is 1.63. The summed E-state index contributed by atoms with van der Waals surface area (Å²) in [5, 5.41) is 6.03. The second-order valence-electron chi connectivity index (χ2n) is 3.84. The Morgan fingerprint density at radius 2 is 2.43 bits per heavy atom. The van der Waals surface area contributed by atoms with Crippen LogP contribution in [0.4, 0.5) is 0 Å². The van der Waals surface area contributed by atoms with Crippen molar-refractivity contribution in [1.29, 1.82) is 0 Å². The molecule has 3 atom stereocenters. The minimum absolute atomic E-state index is 0.00827. The highest BCUT2D eigenvalue weighted by atomic mass is 32.2. The summed E-state index contributed by atoms with van der Waals surface area (Å²) in [4.78, 5) is 11.6. The average molecular weight is 218 g/mol. The summed E-state index contributed by atoms with van der Waals surface area (Å²) in [6, 6.07) is 0.00827. The highest BCUT2D eigenvalue weighted by molar-refractivity contribution is 7.84. The highest BCUT2D eigenvalue weighted by Crippen LogP contribution is 2.07. The van der Waals surface area contributed by atoms with Gasteiger partial charge in [0.2, 0.25) is 5.91 Å². The van der Waals surface area contributed by atoms with Gasteiger partial charge in [0.15, 0.2) is 0 Å². The van der Waals surface area contributed by atoms with Crippen LogP contribution in [0.1, 0.15) is 13.3 Å². The molecule has 3 unspecified atom stereocenters. The predicted octanol–water partition coefficient (Wildman–Crippen LogP) is -0.521. The van der Waals surface area contributed by atoms with Gasteiger partial charge >= 0.3 is 0 Å². The molecule has 1 saturated heterocycles. The third-order valence-corrected chi connectivity index (χ3v) is 3.27. The number of rotatable bonds is 4. The van der Waals surface area contributed by atoms with Crippen LogP contribution in [0.3, 0.4) is 0 Å². The van der Waals surface area contributed by atoms with E-state index < -0.39 is 10.8 Å². The van der Waals surface area contributed by atoms with Gasteiger partial charge < -0.3 is 10.6 Å². The maximum atomic E-state index is 11.6. The number of hydrogen-bond donors (Lipinski definition) is 2. The zero-order chi connectivity index (χ0) is 10.6. The molecule has 5 heteroatoms. The number of amides is 1. The lowest BCUT2D eigenvalue weighted by Crippen LogP contribution is -2.40. The van der Waals surface area contributed by atoms with E-state index in [-0.39, 0.29) is 17.9 Å². The van der Waals surface area contributed by atoms with E-state index in [9.17, 15) is 9.00 Å². The first-order valence-corrected chi connectivity index (χ1v) is 6.63. The van der Waals surface area contributed by atoms with E-state index in [0.29, 0.717) is 5.75 Å². The van der Waals surface area contributed by atoms with Crippen molar-refractivity contribution in [3.8, 4) is 0 Å². The second-order valence-corrected chi connectivity index (χ2v) is 5.32. The third-order valence-electron chi connectivity index (χ3n) is 2.30. The number of carbonyl (C=O) groups excluding carboxylic acids is 1. The van der Waals surface area contributed by atoms with Crippen LogP contribution < -0.4 is 10.6 Å². The predicted molar refractivity (Wildman–Crippen MR) is 57.5 cm³/mol. The molecular formula is C9H18N2O2S. The van der Waals surface area contributed by atoms with Crippen LogP contribution in [0.2, 0.25) is 0 Å². The number of nitrogens with one attached hydrogen (secondary N) is 2. The van der Waals surface area contributed by atoms with Crippen molar-refractivity contribution in [2.24, 2.45) is 5.92 Å². The second kappa shape index (κ2) is 5.46. The molecule has 1 aliphatic heterocycles. The summed E-state index contributed by atoms with van der Waals surface area (Å²) in [6.07, 6.45) is 2.56. The fourth-order valence-corrected chi connectivity index (χ4v) is 2.42. The molecule has 82 valence electrons. The highest BCUT2D eigenvalue weighted by Gasteiger charge is 2.23. The molecule has 1 heterocycles. The summed E-state index contributed by atoms with van der Waals surface area (Å²) in [6.45, 7) is 3.58. The van der Waals surface area contributed by atoms with Crippen LogP contribution in [0, 0.1) is 5.92 Å². The molecule has 14 heavy (non-hydrogen) atoms. The van der Waals surface area contributed by atoms with E-state index in [0.717, 1.165) is 19.5 Å². The van der Waals surface area contributed by atoms with Gasteiger partial charge in [0, 0.05) is 35.4 Å². The zero-order valence-electron chi connectivity index (χ0n) is 8.71.